The van der Waals surface area contributed by atoms with Crippen LogP contribution in [0.15, 0.2) is 42.7 Å². The predicted molar refractivity (Wildman–Crippen MR) is 79.9 cm³/mol. The van der Waals surface area contributed by atoms with E-state index in [4.69, 9.17) is 0 Å². The second kappa shape index (κ2) is 6.19. The van der Waals surface area contributed by atoms with Gasteiger partial charge in [0.25, 0.3) is 0 Å². The summed E-state index contributed by atoms with van der Waals surface area (Å²) in [5.41, 5.74) is 3.26. The predicted octanol–water partition coefficient (Wildman–Crippen LogP) is 2.40. The van der Waals surface area contributed by atoms with E-state index in [0.717, 1.165) is 11.1 Å². The van der Waals surface area contributed by atoms with Gasteiger partial charge >= 0.3 is 0 Å². The maximum atomic E-state index is 12.0. The van der Waals surface area contributed by atoms with Crippen LogP contribution in [0.1, 0.15) is 16.7 Å². The average molecular weight is 269 g/mol. The van der Waals surface area contributed by atoms with Crippen LogP contribution in [0.5, 0.6) is 0 Å². The summed E-state index contributed by atoms with van der Waals surface area (Å²) in [7, 11) is 3.65. The van der Waals surface area contributed by atoms with Crippen molar-refractivity contribution >= 4 is 12.0 Å². The molecule has 20 heavy (non-hydrogen) atoms. The maximum Gasteiger partial charge on any atom is 0.246 e. The molecule has 0 aliphatic carbocycles. The number of likely N-dealkylation sites (N-methyl/N-ethyl adjacent to an activating group) is 1. The lowest BCUT2D eigenvalue weighted by atomic mass is 10.1. The molecule has 4 nitrogen and oxygen atoms in total. The SMILES string of the molecule is Cc1ccc(/C=C/C(=O)N(C)Cc2cnn(C)c2)cc1. The smallest absolute Gasteiger partial charge is 0.246 e. The Morgan fingerprint density at radius 1 is 1.35 bits per heavy atom. The monoisotopic (exact) mass is 269 g/mol. The van der Waals surface area contributed by atoms with Crippen LogP contribution < -0.4 is 0 Å². The molecular weight excluding hydrogens is 250 g/mol. The van der Waals surface area contributed by atoms with Gasteiger partial charge in [-0.15, -0.1) is 0 Å². The first kappa shape index (κ1) is 14.1. The van der Waals surface area contributed by atoms with E-state index in [9.17, 15) is 4.79 Å². The average Bonchev–Trinajstić information content (AvgIpc) is 2.83. The number of rotatable bonds is 4. The van der Waals surface area contributed by atoms with Crippen molar-refractivity contribution in [3.8, 4) is 0 Å². The molecule has 0 atom stereocenters. The highest BCUT2D eigenvalue weighted by Crippen LogP contribution is 2.06. The van der Waals surface area contributed by atoms with Crippen LogP contribution in [0.2, 0.25) is 0 Å². The highest BCUT2D eigenvalue weighted by Gasteiger charge is 2.06. The zero-order valence-corrected chi connectivity index (χ0v) is 12.1. The van der Waals surface area contributed by atoms with Gasteiger partial charge in [0.15, 0.2) is 0 Å². The van der Waals surface area contributed by atoms with E-state index in [-0.39, 0.29) is 5.91 Å². The fourth-order valence-electron chi connectivity index (χ4n) is 1.88. The third kappa shape index (κ3) is 3.82. The van der Waals surface area contributed by atoms with Crippen LogP contribution in [0.4, 0.5) is 0 Å². The summed E-state index contributed by atoms with van der Waals surface area (Å²) in [5.74, 6) is -0.0190. The molecule has 0 bridgehead atoms. The Balaban J connectivity index is 1.95. The molecule has 2 aromatic rings. The van der Waals surface area contributed by atoms with E-state index in [2.05, 4.69) is 5.10 Å². The molecule has 0 saturated heterocycles. The molecule has 0 saturated carbocycles. The van der Waals surface area contributed by atoms with Crippen LogP contribution >= 0.6 is 0 Å². The van der Waals surface area contributed by atoms with E-state index in [0.29, 0.717) is 6.54 Å². The Hall–Kier alpha value is -2.36. The number of carbonyl (C=O) groups excluding carboxylic acids is 1. The van der Waals surface area contributed by atoms with Gasteiger partial charge in [-0.3, -0.25) is 9.48 Å². The minimum Gasteiger partial charge on any atom is -0.338 e. The number of aryl methyl sites for hydroxylation is 2. The summed E-state index contributed by atoms with van der Waals surface area (Å²) in [6.07, 6.45) is 7.11. The molecule has 1 aromatic carbocycles. The number of nitrogens with zero attached hydrogens (tertiary/aromatic N) is 3. The van der Waals surface area contributed by atoms with Gasteiger partial charge in [-0.25, -0.2) is 0 Å². The Morgan fingerprint density at radius 3 is 2.65 bits per heavy atom. The van der Waals surface area contributed by atoms with Gasteiger partial charge in [0.05, 0.1) is 6.20 Å². The van der Waals surface area contributed by atoms with Gasteiger partial charge in [-0.05, 0) is 18.6 Å². The van der Waals surface area contributed by atoms with Gasteiger partial charge in [-0.2, -0.15) is 5.10 Å². The Morgan fingerprint density at radius 2 is 2.05 bits per heavy atom. The lowest BCUT2D eigenvalue weighted by molar-refractivity contribution is -0.125. The van der Waals surface area contributed by atoms with Crippen molar-refractivity contribution in [1.82, 2.24) is 14.7 Å². The first-order valence-electron chi connectivity index (χ1n) is 6.52. The molecule has 1 aromatic heterocycles. The van der Waals surface area contributed by atoms with E-state index < -0.39 is 0 Å². The molecule has 4 heteroatoms. The first-order chi connectivity index (χ1) is 9.54. The number of amides is 1. The zero-order chi connectivity index (χ0) is 14.5. The van der Waals surface area contributed by atoms with Gasteiger partial charge in [0.2, 0.25) is 5.91 Å². The summed E-state index contributed by atoms with van der Waals surface area (Å²) in [6, 6.07) is 8.06. The molecular formula is C16H19N3O. The van der Waals surface area contributed by atoms with Gasteiger partial charge < -0.3 is 4.90 Å². The third-order valence-electron chi connectivity index (χ3n) is 3.05. The van der Waals surface area contributed by atoms with Gasteiger partial charge in [0.1, 0.15) is 0 Å². The Kier molecular flexibility index (Phi) is 4.35. The van der Waals surface area contributed by atoms with Crippen molar-refractivity contribution < 1.29 is 4.79 Å². The maximum absolute atomic E-state index is 12.0. The molecule has 0 radical (unpaired) electrons. The van der Waals surface area contributed by atoms with E-state index in [1.807, 2.05) is 50.5 Å². The molecule has 0 aliphatic heterocycles. The topological polar surface area (TPSA) is 38.1 Å². The normalized spacial score (nSPS) is 10.9. The van der Waals surface area contributed by atoms with E-state index in [1.54, 1.807) is 28.9 Å². The van der Waals surface area contributed by atoms with E-state index >= 15 is 0 Å². The molecule has 1 heterocycles. The second-order valence-corrected chi connectivity index (χ2v) is 4.96. The van der Waals surface area contributed by atoms with Crippen LogP contribution in [0, 0.1) is 6.92 Å². The first-order valence-corrected chi connectivity index (χ1v) is 6.52. The second-order valence-electron chi connectivity index (χ2n) is 4.96. The summed E-state index contributed by atoms with van der Waals surface area (Å²) in [6.45, 7) is 2.60. The molecule has 0 unspecified atom stereocenters. The highest BCUT2D eigenvalue weighted by molar-refractivity contribution is 5.91. The standard InChI is InChI=1S/C16H19N3O/c1-13-4-6-14(7-5-13)8-9-16(20)18(2)11-15-10-17-19(3)12-15/h4-10,12H,11H2,1-3H3/b9-8+. The van der Waals surface area contributed by atoms with Crippen molar-refractivity contribution in [2.24, 2.45) is 7.05 Å². The molecule has 0 N–H and O–H groups in total. The molecule has 104 valence electrons. The Labute approximate surface area is 119 Å². The Bertz CT molecular complexity index is 611. The van der Waals surface area contributed by atoms with Crippen LogP contribution in [0.25, 0.3) is 6.08 Å². The minimum absolute atomic E-state index is 0.0190. The molecule has 1 amide bonds. The molecule has 0 spiro atoms. The highest BCUT2D eigenvalue weighted by atomic mass is 16.2. The number of benzene rings is 1. The van der Waals surface area contributed by atoms with Gasteiger partial charge in [0, 0.05) is 38.5 Å². The lowest BCUT2D eigenvalue weighted by Gasteiger charge is -2.13. The van der Waals surface area contributed by atoms with Crippen LogP contribution in [-0.4, -0.2) is 27.6 Å². The van der Waals surface area contributed by atoms with Crippen molar-refractivity contribution in [2.45, 2.75) is 13.5 Å². The number of aromatic nitrogens is 2. The van der Waals surface area contributed by atoms with Crippen LogP contribution in [0.3, 0.4) is 0 Å². The fraction of sp³-hybridized carbons (Fsp3) is 0.250. The van der Waals surface area contributed by atoms with E-state index in [1.165, 1.54) is 5.56 Å². The van der Waals surface area contributed by atoms with Crippen molar-refractivity contribution in [2.75, 3.05) is 7.05 Å². The molecule has 0 aliphatic rings. The van der Waals surface area contributed by atoms with Gasteiger partial charge in [-0.1, -0.05) is 29.8 Å². The summed E-state index contributed by atoms with van der Waals surface area (Å²) < 4.78 is 1.73. The van der Waals surface area contributed by atoms with Crippen molar-refractivity contribution in [3.05, 3.63) is 59.4 Å². The zero-order valence-electron chi connectivity index (χ0n) is 12.1. The van der Waals surface area contributed by atoms with Crippen molar-refractivity contribution in [1.29, 1.82) is 0 Å². The molecule has 2 rings (SSSR count). The lowest BCUT2D eigenvalue weighted by Crippen LogP contribution is -2.23. The third-order valence-corrected chi connectivity index (χ3v) is 3.05. The number of carbonyl (C=O) groups is 1. The minimum atomic E-state index is -0.0190. The summed E-state index contributed by atoms with van der Waals surface area (Å²) in [5, 5.41) is 4.09. The fourth-order valence-corrected chi connectivity index (χ4v) is 1.88. The number of hydrogen-bond donors (Lipinski definition) is 0. The molecule has 0 fully saturated rings. The largest absolute Gasteiger partial charge is 0.338 e. The quantitative estimate of drug-likeness (QED) is 0.799. The van der Waals surface area contributed by atoms with Crippen molar-refractivity contribution in [3.63, 3.8) is 0 Å². The summed E-state index contributed by atoms with van der Waals surface area (Å²) >= 11 is 0. The summed E-state index contributed by atoms with van der Waals surface area (Å²) in [4.78, 5) is 13.7. The van der Waals surface area contributed by atoms with Crippen LogP contribution in [-0.2, 0) is 18.4 Å². The number of hydrogen-bond acceptors (Lipinski definition) is 2.